The lowest BCUT2D eigenvalue weighted by atomic mass is 10.1. The molecule has 0 spiro atoms. The van der Waals surface area contributed by atoms with Crippen molar-refractivity contribution in [2.75, 3.05) is 19.1 Å². The first-order valence-electron chi connectivity index (χ1n) is 4.79. The van der Waals surface area contributed by atoms with Gasteiger partial charge < -0.3 is 4.90 Å². The molecule has 0 aliphatic carbocycles. The van der Waals surface area contributed by atoms with Gasteiger partial charge in [0.1, 0.15) is 0 Å². The predicted octanol–water partition coefficient (Wildman–Crippen LogP) is 2.76. The summed E-state index contributed by atoms with van der Waals surface area (Å²) in [5.74, 6) is 1.15. The molecule has 2 nitrogen and oxygen atoms in total. The first kappa shape index (κ1) is 14.3. The zero-order valence-electron chi connectivity index (χ0n) is 9.63. The van der Waals surface area contributed by atoms with E-state index in [2.05, 4.69) is 29.1 Å². The van der Waals surface area contributed by atoms with Gasteiger partial charge in [-0.2, -0.15) is 11.8 Å². The quantitative estimate of drug-likeness (QED) is 0.723. The average molecular weight is 282 g/mol. The number of hydrogen-bond acceptors (Lipinski definition) is 2. The number of carbonyl (C=O) groups is 1. The van der Waals surface area contributed by atoms with Crippen LogP contribution in [0.4, 0.5) is 0 Å². The summed E-state index contributed by atoms with van der Waals surface area (Å²) in [4.78, 5) is 13.8. The van der Waals surface area contributed by atoms with Crippen LogP contribution in [0.15, 0.2) is 0 Å². The summed E-state index contributed by atoms with van der Waals surface area (Å²) in [6.07, 6.45) is 3.08. The van der Waals surface area contributed by atoms with E-state index in [0.717, 1.165) is 12.2 Å². The van der Waals surface area contributed by atoms with Crippen LogP contribution in [0.5, 0.6) is 0 Å². The smallest absolute Gasteiger partial charge is 0.238 e. The fourth-order valence-corrected chi connectivity index (χ4v) is 2.40. The molecular formula is C10H20BrNOS. The molecule has 0 aliphatic rings. The third kappa shape index (κ3) is 4.22. The van der Waals surface area contributed by atoms with Gasteiger partial charge in [-0.15, -0.1) is 0 Å². The standard InChI is InChI=1S/C10H20BrNOS/c1-6-8(7-14-5)12(4)9(13)10(2,3)11/h8H,6-7H2,1-5H3. The summed E-state index contributed by atoms with van der Waals surface area (Å²) < 4.78 is -0.451. The molecule has 0 N–H and O–H groups in total. The van der Waals surface area contributed by atoms with Crippen molar-refractivity contribution >= 4 is 33.6 Å². The normalized spacial score (nSPS) is 13.9. The average Bonchev–Trinajstić information content (AvgIpc) is 2.10. The van der Waals surface area contributed by atoms with Crippen LogP contribution in [0.1, 0.15) is 27.2 Å². The van der Waals surface area contributed by atoms with E-state index in [9.17, 15) is 4.79 Å². The van der Waals surface area contributed by atoms with E-state index in [1.165, 1.54) is 0 Å². The Kier molecular flexibility index (Phi) is 6.14. The van der Waals surface area contributed by atoms with Crippen molar-refractivity contribution in [2.24, 2.45) is 0 Å². The Balaban J connectivity index is 4.42. The molecule has 0 aromatic heterocycles. The van der Waals surface area contributed by atoms with E-state index < -0.39 is 4.32 Å². The minimum atomic E-state index is -0.451. The van der Waals surface area contributed by atoms with Gasteiger partial charge in [0.15, 0.2) is 0 Å². The van der Waals surface area contributed by atoms with Crippen LogP contribution >= 0.6 is 27.7 Å². The van der Waals surface area contributed by atoms with Gasteiger partial charge in [0, 0.05) is 18.8 Å². The van der Waals surface area contributed by atoms with Crippen LogP contribution in [0, 0.1) is 0 Å². The van der Waals surface area contributed by atoms with Crippen molar-refractivity contribution in [1.29, 1.82) is 0 Å². The number of thioether (sulfide) groups is 1. The van der Waals surface area contributed by atoms with Crippen LogP contribution in [0.3, 0.4) is 0 Å². The van der Waals surface area contributed by atoms with Gasteiger partial charge >= 0.3 is 0 Å². The lowest BCUT2D eigenvalue weighted by Crippen LogP contribution is -2.45. The van der Waals surface area contributed by atoms with Gasteiger partial charge in [0.25, 0.3) is 0 Å². The van der Waals surface area contributed by atoms with E-state index in [-0.39, 0.29) is 5.91 Å². The van der Waals surface area contributed by atoms with E-state index in [1.807, 2.05) is 25.8 Å². The Morgan fingerprint density at radius 1 is 1.57 bits per heavy atom. The second kappa shape index (κ2) is 6.01. The van der Waals surface area contributed by atoms with Crippen molar-refractivity contribution in [2.45, 2.75) is 37.6 Å². The molecule has 0 saturated carbocycles. The fourth-order valence-electron chi connectivity index (χ4n) is 1.28. The molecule has 0 radical (unpaired) electrons. The summed E-state index contributed by atoms with van der Waals surface area (Å²) in [5, 5.41) is 0. The monoisotopic (exact) mass is 281 g/mol. The number of halogens is 1. The third-order valence-electron chi connectivity index (χ3n) is 2.21. The molecule has 0 heterocycles. The highest BCUT2D eigenvalue weighted by molar-refractivity contribution is 9.10. The minimum absolute atomic E-state index is 0.151. The maximum Gasteiger partial charge on any atom is 0.238 e. The Hall–Kier alpha value is 0.300. The molecule has 0 aromatic rings. The molecule has 4 heteroatoms. The molecule has 1 amide bonds. The molecule has 84 valence electrons. The second-order valence-electron chi connectivity index (χ2n) is 3.91. The van der Waals surface area contributed by atoms with Crippen LogP contribution in [-0.2, 0) is 4.79 Å². The number of rotatable bonds is 5. The molecule has 0 aliphatic heterocycles. The highest BCUT2D eigenvalue weighted by Crippen LogP contribution is 2.21. The minimum Gasteiger partial charge on any atom is -0.341 e. The first-order chi connectivity index (χ1) is 6.34. The number of alkyl halides is 1. The van der Waals surface area contributed by atoms with Crippen LogP contribution in [-0.4, -0.2) is 40.2 Å². The molecule has 14 heavy (non-hydrogen) atoms. The summed E-state index contributed by atoms with van der Waals surface area (Å²) in [7, 11) is 1.88. The van der Waals surface area contributed by atoms with Crippen molar-refractivity contribution in [3.8, 4) is 0 Å². The number of hydrogen-bond donors (Lipinski definition) is 0. The summed E-state index contributed by atoms with van der Waals surface area (Å²) in [5.41, 5.74) is 0. The van der Waals surface area contributed by atoms with Crippen LogP contribution in [0.25, 0.3) is 0 Å². The third-order valence-corrected chi connectivity index (χ3v) is 3.26. The Labute approximate surface area is 99.9 Å². The highest BCUT2D eigenvalue weighted by atomic mass is 79.9. The second-order valence-corrected chi connectivity index (χ2v) is 6.80. The van der Waals surface area contributed by atoms with E-state index >= 15 is 0 Å². The SMILES string of the molecule is CCC(CSC)N(C)C(=O)C(C)(C)Br. The van der Waals surface area contributed by atoms with Gasteiger partial charge in [-0.05, 0) is 26.5 Å². The summed E-state index contributed by atoms with van der Waals surface area (Å²) in [6, 6.07) is 0.342. The van der Waals surface area contributed by atoms with E-state index in [1.54, 1.807) is 11.8 Å². The van der Waals surface area contributed by atoms with Gasteiger partial charge in [-0.25, -0.2) is 0 Å². The Bertz CT molecular complexity index is 191. The molecule has 0 aromatic carbocycles. The largest absolute Gasteiger partial charge is 0.341 e. The van der Waals surface area contributed by atoms with Crippen molar-refractivity contribution in [1.82, 2.24) is 4.90 Å². The molecule has 1 atom stereocenters. The maximum absolute atomic E-state index is 11.9. The van der Waals surface area contributed by atoms with Gasteiger partial charge in [0.05, 0.1) is 4.32 Å². The first-order valence-corrected chi connectivity index (χ1v) is 6.98. The lowest BCUT2D eigenvalue weighted by molar-refractivity contribution is -0.133. The van der Waals surface area contributed by atoms with Gasteiger partial charge in [-0.3, -0.25) is 4.79 Å². The Morgan fingerprint density at radius 3 is 2.36 bits per heavy atom. The fraction of sp³-hybridized carbons (Fsp3) is 0.900. The van der Waals surface area contributed by atoms with Gasteiger partial charge in [0.2, 0.25) is 5.91 Å². The van der Waals surface area contributed by atoms with Crippen molar-refractivity contribution in [3.63, 3.8) is 0 Å². The lowest BCUT2D eigenvalue weighted by Gasteiger charge is -2.31. The number of amides is 1. The molecule has 0 bridgehead atoms. The van der Waals surface area contributed by atoms with Crippen LogP contribution < -0.4 is 0 Å². The summed E-state index contributed by atoms with van der Waals surface area (Å²) in [6.45, 7) is 5.89. The summed E-state index contributed by atoms with van der Waals surface area (Å²) >= 11 is 5.18. The van der Waals surface area contributed by atoms with E-state index in [4.69, 9.17) is 0 Å². The van der Waals surface area contributed by atoms with Crippen molar-refractivity contribution in [3.05, 3.63) is 0 Å². The molecule has 0 rings (SSSR count). The van der Waals surface area contributed by atoms with E-state index in [0.29, 0.717) is 6.04 Å². The number of carbonyl (C=O) groups excluding carboxylic acids is 1. The molecular weight excluding hydrogens is 262 g/mol. The zero-order valence-corrected chi connectivity index (χ0v) is 12.0. The Morgan fingerprint density at radius 2 is 2.07 bits per heavy atom. The number of nitrogens with zero attached hydrogens (tertiary/aromatic N) is 1. The van der Waals surface area contributed by atoms with Crippen LogP contribution in [0.2, 0.25) is 0 Å². The molecule has 1 unspecified atom stereocenters. The maximum atomic E-state index is 11.9. The zero-order chi connectivity index (χ0) is 11.4. The highest BCUT2D eigenvalue weighted by Gasteiger charge is 2.30. The predicted molar refractivity (Wildman–Crippen MR) is 68.2 cm³/mol. The molecule has 0 saturated heterocycles. The topological polar surface area (TPSA) is 20.3 Å². The molecule has 0 fully saturated rings. The van der Waals surface area contributed by atoms with Crippen molar-refractivity contribution < 1.29 is 4.79 Å². The van der Waals surface area contributed by atoms with Gasteiger partial charge in [-0.1, -0.05) is 22.9 Å².